The Morgan fingerprint density at radius 1 is 1.18 bits per heavy atom. The van der Waals surface area contributed by atoms with Crippen molar-refractivity contribution in [3.05, 3.63) is 53.7 Å². The van der Waals surface area contributed by atoms with Gasteiger partial charge in [0.25, 0.3) is 0 Å². The standard InChI is InChI=1S/C13H17N3O/c1-16(9-11-4-2-3-7-15-11)10-13-6-5-12(8-14)17-13/h2-7H,8-10,14H2,1H3. The number of nitrogens with zero attached hydrogens (tertiary/aromatic N) is 2. The maximum Gasteiger partial charge on any atom is 0.118 e. The Labute approximate surface area is 101 Å². The lowest BCUT2D eigenvalue weighted by atomic mass is 10.3. The molecule has 0 atom stereocenters. The van der Waals surface area contributed by atoms with E-state index in [4.69, 9.17) is 10.2 Å². The second kappa shape index (κ2) is 5.61. The number of rotatable bonds is 5. The van der Waals surface area contributed by atoms with Crippen LogP contribution in [0.1, 0.15) is 17.2 Å². The molecule has 0 aliphatic carbocycles. The van der Waals surface area contributed by atoms with Crippen LogP contribution < -0.4 is 5.73 Å². The molecular weight excluding hydrogens is 214 g/mol. The van der Waals surface area contributed by atoms with Crippen LogP contribution in [0, 0.1) is 0 Å². The van der Waals surface area contributed by atoms with Crippen LogP contribution in [0.15, 0.2) is 40.9 Å². The Bertz CT molecular complexity index is 453. The molecule has 90 valence electrons. The minimum Gasteiger partial charge on any atom is -0.463 e. The van der Waals surface area contributed by atoms with Crippen LogP contribution in [0.3, 0.4) is 0 Å². The summed E-state index contributed by atoms with van der Waals surface area (Å²) in [6.45, 7) is 2.01. The lowest BCUT2D eigenvalue weighted by molar-refractivity contribution is 0.281. The zero-order chi connectivity index (χ0) is 12.1. The molecule has 0 unspecified atom stereocenters. The molecule has 0 aliphatic rings. The van der Waals surface area contributed by atoms with Gasteiger partial charge in [-0.25, -0.2) is 0 Å². The number of hydrogen-bond donors (Lipinski definition) is 1. The Hall–Kier alpha value is -1.65. The van der Waals surface area contributed by atoms with Crippen molar-refractivity contribution in [2.24, 2.45) is 5.73 Å². The smallest absolute Gasteiger partial charge is 0.118 e. The van der Waals surface area contributed by atoms with Crippen LogP contribution in [0.4, 0.5) is 0 Å². The summed E-state index contributed by atoms with van der Waals surface area (Å²) in [7, 11) is 2.04. The molecule has 2 heterocycles. The van der Waals surface area contributed by atoms with E-state index in [2.05, 4.69) is 9.88 Å². The molecule has 2 aromatic heterocycles. The van der Waals surface area contributed by atoms with Gasteiger partial charge in [-0.15, -0.1) is 0 Å². The van der Waals surface area contributed by atoms with Gasteiger partial charge in [0.05, 0.1) is 18.8 Å². The molecule has 2 N–H and O–H groups in total. The van der Waals surface area contributed by atoms with E-state index in [0.717, 1.165) is 30.3 Å². The fraction of sp³-hybridized carbons (Fsp3) is 0.308. The molecule has 0 saturated heterocycles. The highest BCUT2D eigenvalue weighted by molar-refractivity contribution is 5.07. The van der Waals surface area contributed by atoms with Crippen molar-refractivity contribution in [1.82, 2.24) is 9.88 Å². The summed E-state index contributed by atoms with van der Waals surface area (Å²) in [5, 5.41) is 0. The maximum absolute atomic E-state index is 5.55. The molecule has 2 aromatic rings. The van der Waals surface area contributed by atoms with Gasteiger partial charge in [0, 0.05) is 12.7 Å². The first-order valence-electron chi connectivity index (χ1n) is 5.64. The summed E-state index contributed by atoms with van der Waals surface area (Å²) in [6.07, 6.45) is 1.81. The normalized spacial score (nSPS) is 11.0. The third kappa shape index (κ3) is 3.41. The average Bonchev–Trinajstić information content (AvgIpc) is 2.78. The summed E-state index contributed by atoms with van der Waals surface area (Å²) in [5.74, 6) is 1.76. The molecule has 0 aliphatic heterocycles. The topological polar surface area (TPSA) is 55.3 Å². The van der Waals surface area contributed by atoms with E-state index >= 15 is 0 Å². The first-order valence-corrected chi connectivity index (χ1v) is 5.64. The Kier molecular flexibility index (Phi) is 3.90. The van der Waals surface area contributed by atoms with Crippen molar-refractivity contribution in [2.75, 3.05) is 7.05 Å². The molecule has 0 saturated carbocycles. The largest absolute Gasteiger partial charge is 0.463 e. The summed E-state index contributed by atoms with van der Waals surface area (Å²) >= 11 is 0. The highest BCUT2D eigenvalue weighted by atomic mass is 16.3. The second-order valence-electron chi connectivity index (χ2n) is 4.07. The van der Waals surface area contributed by atoms with Gasteiger partial charge in [-0.1, -0.05) is 6.07 Å². The number of pyridine rings is 1. The molecular formula is C13H17N3O. The minimum absolute atomic E-state index is 0.448. The van der Waals surface area contributed by atoms with Crippen molar-refractivity contribution < 1.29 is 4.42 Å². The predicted molar refractivity (Wildman–Crippen MR) is 66.0 cm³/mol. The zero-order valence-electron chi connectivity index (χ0n) is 9.97. The molecule has 0 spiro atoms. The molecule has 4 heteroatoms. The highest BCUT2D eigenvalue weighted by Gasteiger charge is 2.05. The van der Waals surface area contributed by atoms with Gasteiger partial charge in [-0.2, -0.15) is 0 Å². The van der Waals surface area contributed by atoms with E-state index in [1.165, 1.54) is 0 Å². The van der Waals surface area contributed by atoms with Crippen molar-refractivity contribution in [2.45, 2.75) is 19.6 Å². The third-order valence-corrected chi connectivity index (χ3v) is 2.50. The molecule has 0 aromatic carbocycles. The van der Waals surface area contributed by atoms with E-state index in [0.29, 0.717) is 6.54 Å². The van der Waals surface area contributed by atoms with Crippen LogP contribution >= 0.6 is 0 Å². The minimum atomic E-state index is 0.448. The summed E-state index contributed by atoms with van der Waals surface area (Å²) in [6, 6.07) is 9.82. The summed E-state index contributed by atoms with van der Waals surface area (Å²) in [4.78, 5) is 6.44. The van der Waals surface area contributed by atoms with Crippen molar-refractivity contribution in [3.63, 3.8) is 0 Å². The fourth-order valence-electron chi connectivity index (χ4n) is 1.71. The Morgan fingerprint density at radius 2 is 2.00 bits per heavy atom. The first kappa shape index (κ1) is 11.8. The quantitative estimate of drug-likeness (QED) is 0.852. The molecule has 0 fully saturated rings. The van der Waals surface area contributed by atoms with Crippen LogP contribution in [0.5, 0.6) is 0 Å². The molecule has 0 bridgehead atoms. The van der Waals surface area contributed by atoms with Crippen LogP contribution in [0.25, 0.3) is 0 Å². The van der Waals surface area contributed by atoms with Gasteiger partial charge in [0.2, 0.25) is 0 Å². The van der Waals surface area contributed by atoms with Crippen molar-refractivity contribution >= 4 is 0 Å². The number of aromatic nitrogens is 1. The van der Waals surface area contributed by atoms with Gasteiger partial charge in [0.1, 0.15) is 11.5 Å². The lowest BCUT2D eigenvalue weighted by Crippen LogP contribution is -2.17. The second-order valence-corrected chi connectivity index (χ2v) is 4.07. The number of furan rings is 1. The SMILES string of the molecule is CN(Cc1ccccn1)Cc1ccc(CN)o1. The predicted octanol–water partition coefficient (Wildman–Crippen LogP) is 1.77. The molecule has 17 heavy (non-hydrogen) atoms. The van der Waals surface area contributed by atoms with Gasteiger partial charge in [-0.3, -0.25) is 9.88 Å². The fourth-order valence-corrected chi connectivity index (χ4v) is 1.71. The van der Waals surface area contributed by atoms with Crippen LogP contribution in [0.2, 0.25) is 0 Å². The molecule has 0 radical (unpaired) electrons. The van der Waals surface area contributed by atoms with Crippen LogP contribution in [-0.4, -0.2) is 16.9 Å². The van der Waals surface area contributed by atoms with E-state index in [1.807, 2.05) is 43.6 Å². The van der Waals surface area contributed by atoms with Gasteiger partial charge in [-0.05, 0) is 31.3 Å². The van der Waals surface area contributed by atoms with Crippen molar-refractivity contribution in [1.29, 1.82) is 0 Å². The van der Waals surface area contributed by atoms with E-state index in [-0.39, 0.29) is 0 Å². The lowest BCUT2D eigenvalue weighted by Gasteiger charge is -2.14. The van der Waals surface area contributed by atoms with Gasteiger partial charge < -0.3 is 10.2 Å². The Morgan fingerprint density at radius 3 is 2.65 bits per heavy atom. The van der Waals surface area contributed by atoms with Crippen LogP contribution in [-0.2, 0) is 19.6 Å². The average molecular weight is 231 g/mol. The summed E-state index contributed by atoms with van der Waals surface area (Å²) in [5.41, 5.74) is 6.56. The molecule has 0 amide bonds. The first-order chi connectivity index (χ1) is 8.28. The number of nitrogens with two attached hydrogens (primary N) is 1. The molecule has 4 nitrogen and oxygen atoms in total. The van der Waals surface area contributed by atoms with Gasteiger partial charge in [0.15, 0.2) is 0 Å². The number of hydrogen-bond acceptors (Lipinski definition) is 4. The third-order valence-electron chi connectivity index (χ3n) is 2.50. The maximum atomic E-state index is 5.55. The van der Waals surface area contributed by atoms with E-state index in [9.17, 15) is 0 Å². The molecule has 2 rings (SSSR count). The zero-order valence-corrected chi connectivity index (χ0v) is 9.97. The Balaban J connectivity index is 1.91. The monoisotopic (exact) mass is 231 g/mol. The van der Waals surface area contributed by atoms with Gasteiger partial charge >= 0.3 is 0 Å². The summed E-state index contributed by atoms with van der Waals surface area (Å²) < 4.78 is 5.55. The van der Waals surface area contributed by atoms with E-state index in [1.54, 1.807) is 0 Å². The van der Waals surface area contributed by atoms with Crippen molar-refractivity contribution in [3.8, 4) is 0 Å². The van der Waals surface area contributed by atoms with E-state index < -0.39 is 0 Å². The highest BCUT2D eigenvalue weighted by Crippen LogP contribution is 2.10.